The van der Waals surface area contributed by atoms with E-state index in [0.717, 1.165) is 17.5 Å². The second kappa shape index (κ2) is 4.88. The fraction of sp³-hybridized carbons (Fsp3) is 0.214. The number of aromatic carboxylic acids is 1. The van der Waals surface area contributed by atoms with Crippen molar-refractivity contribution in [3.63, 3.8) is 0 Å². The van der Waals surface area contributed by atoms with Crippen molar-refractivity contribution in [2.45, 2.75) is 18.9 Å². The zero-order valence-corrected chi connectivity index (χ0v) is 10.5. The Morgan fingerprint density at radius 2 is 2.20 bits per heavy atom. The summed E-state index contributed by atoms with van der Waals surface area (Å²) in [6.45, 7) is 0. The van der Waals surface area contributed by atoms with E-state index in [1.807, 2.05) is 6.07 Å². The third kappa shape index (κ3) is 2.20. The summed E-state index contributed by atoms with van der Waals surface area (Å²) in [7, 11) is 0. The fourth-order valence-corrected chi connectivity index (χ4v) is 2.45. The van der Waals surface area contributed by atoms with Crippen LogP contribution in [0.1, 0.15) is 34.1 Å². The molecule has 20 heavy (non-hydrogen) atoms. The van der Waals surface area contributed by atoms with Gasteiger partial charge in [0.2, 0.25) is 0 Å². The number of benzene rings is 1. The molecule has 1 atom stereocenters. The first-order chi connectivity index (χ1) is 9.65. The Morgan fingerprint density at radius 1 is 1.35 bits per heavy atom. The molecule has 0 amide bonds. The van der Waals surface area contributed by atoms with Crippen LogP contribution in [0.3, 0.4) is 0 Å². The highest BCUT2D eigenvalue weighted by Crippen LogP contribution is 2.34. The van der Waals surface area contributed by atoms with Crippen LogP contribution in [0.2, 0.25) is 0 Å². The Morgan fingerprint density at radius 3 is 2.90 bits per heavy atom. The minimum atomic E-state index is -1.11. The maximum absolute atomic E-state index is 13.6. The third-order valence-electron chi connectivity index (χ3n) is 3.41. The van der Waals surface area contributed by atoms with Gasteiger partial charge in [-0.1, -0.05) is 12.1 Å². The van der Waals surface area contributed by atoms with Crippen LogP contribution in [0, 0.1) is 5.82 Å². The molecule has 1 aliphatic carbocycles. The molecule has 102 valence electrons. The van der Waals surface area contributed by atoms with Crippen LogP contribution in [0.5, 0.6) is 0 Å². The van der Waals surface area contributed by atoms with E-state index in [0.29, 0.717) is 12.2 Å². The van der Waals surface area contributed by atoms with Gasteiger partial charge in [-0.15, -0.1) is 0 Å². The lowest BCUT2D eigenvalue weighted by molar-refractivity contribution is 0.0690. The minimum absolute atomic E-state index is 0.0225. The van der Waals surface area contributed by atoms with Gasteiger partial charge in [0.1, 0.15) is 11.6 Å². The van der Waals surface area contributed by atoms with Gasteiger partial charge >= 0.3 is 5.97 Å². The average Bonchev–Trinajstić information content (AvgIpc) is 2.84. The summed E-state index contributed by atoms with van der Waals surface area (Å²) in [6.07, 6.45) is 4.03. The Hall–Kier alpha value is -2.50. The number of carboxylic acids is 1. The Balaban J connectivity index is 1.80. The van der Waals surface area contributed by atoms with Crippen LogP contribution in [-0.2, 0) is 6.42 Å². The molecule has 1 heterocycles. The molecule has 6 heteroatoms. The summed E-state index contributed by atoms with van der Waals surface area (Å²) in [4.78, 5) is 18.5. The second-order valence-corrected chi connectivity index (χ2v) is 4.64. The van der Waals surface area contributed by atoms with Gasteiger partial charge < -0.3 is 10.4 Å². The molecule has 0 fully saturated rings. The van der Waals surface area contributed by atoms with E-state index < -0.39 is 5.97 Å². The molecular formula is C14H12FN3O2. The Bertz CT molecular complexity index is 658. The normalized spacial score (nSPS) is 16.8. The molecule has 0 saturated carbocycles. The number of anilines is 1. The summed E-state index contributed by atoms with van der Waals surface area (Å²) in [5.74, 6) is -0.812. The number of nitrogens with zero attached hydrogens (tertiary/aromatic N) is 2. The zero-order valence-electron chi connectivity index (χ0n) is 10.5. The molecule has 5 nitrogen and oxygen atoms in total. The van der Waals surface area contributed by atoms with Crippen molar-refractivity contribution in [2.75, 3.05) is 5.32 Å². The molecule has 0 bridgehead atoms. The molecule has 0 radical (unpaired) electrons. The number of nitrogens with one attached hydrogen (secondary N) is 1. The van der Waals surface area contributed by atoms with Crippen molar-refractivity contribution in [3.8, 4) is 0 Å². The van der Waals surface area contributed by atoms with E-state index in [2.05, 4.69) is 15.3 Å². The smallest absolute Gasteiger partial charge is 0.356 e. The van der Waals surface area contributed by atoms with Crippen molar-refractivity contribution in [2.24, 2.45) is 0 Å². The van der Waals surface area contributed by atoms with E-state index in [1.54, 1.807) is 6.07 Å². The molecule has 1 aromatic heterocycles. The van der Waals surface area contributed by atoms with Crippen molar-refractivity contribution in [3.05, 3.63) is 53.2 Å². The predicted molar refractivity (Wildman–Crippen MR) is 70.1 cm³/mol. The summed E-state index contributed by atoms with van der Waals surface area (Å²) >= 11 is 0. The van der Waals surface area contributed by atoms with Crippen molar-refractivity contribution >= 4 is 11.8 Å². The largest absolute Gasteiger partial charge is 0.476 e. The number of hydrogen-bond acceptors (Lipinski definition) is 4. The predicted octanol–water partition coefficient (Wildman–Crippen LogP) is 2.41. The molecular weight excluding hydrogens is 261 g/mol. The molecule has 2 N–H and O–H groups in total. The fourth-order valence-electron chi connectivity index (χ4n) is 2.45. The Labute approximate surface area is 114 Å². The van der Waals surface area contributed by atoms with Crippen LogP contribution in [-0.4, -0.2) is 21.0 Å². The molecule has 1 aliphatic rings. The maximum atomic E-state index is 13.6. The summed E-state index contributed by atoms with van der Waals surface area (Å²) in [5, 5.41) is 11.9. The lowest BCUT2D eigenvalue weighted by Gasteiger charge is -2.14. The molecule has 0 saturated heterocycles. The van der Waals surface area contributed by atoms with Crippen LogP contribution < -0.4 is 5.32 Å². The summed E-state index contributed by atoms with van der Waals surface area (Å²) in [5.41, 5.74) is 1.56. The second-order valence-electron chi connectivity index (χ2n) is 4.64. The molecule has 1 aromatic carbocycles. The molecule has 0 aliphatic heterocycles. The Kier molecular flexibility index (Phi) is 3.06. The van der Waals surface area contributed by atoms with Gasteiger partial charge in [-0.3, -0.25) is 0 Å². The highest BCUT2D eigenvalue weighted by atomic mass is 19.1. The van der Waals surface area contributed by atoms with E-state index in [1.165, 1.54) is 18.5 Å². The first kappa shape index (κ1) is 12.5. The highest BCUT2D eigenvalue weighted by Gasteiger charge is 2.25. The zero-order chi connectivity index (χ0) is 14.1. The van der Waals surface area contributed by atoms with Crippen LogP contribution in [0.15, 0.2) is 30.6 Å². The number of fused-ring (bicyclic) bond motifs is 1. The highest BCUT2D eigenvalue weighted by molar-refractivity contribution is 5.84. The lowest BCUT2D eigenvalue weighted by Crippen LogP contribution is -2.10. The quantitative estimate of drug-likeness (QED) is 0.898. The number of carboxylic acid groups (broad SMARTS) is 1. The topological polar surface area (TPSA) is 75.1 Å². The van der Waals surface area contributed by atoms with E-state index in [-0.39, 0.29) is 17.6 Å². The van der Waals surface area contributed by atoms with Gasteiger partial charge in [0.25, 0.3) is 0 Å². The summed E-state index contributed by atoms with van der Waals surface area (Å²) < 4.78 is 13.6. The van der Waals surface area contributed by atoms with Gasteiger partial charge in [0.05, 0.1) is 18.4 Å². The van der Waals surface area contributed by atoms with Gasteiger partial charge in [0, 0.05) is 0 Å². The number of halogens is 1. The monoisotopic (exact) mass is 273 g/mol. The molecule has 0 unspecified atom stereocenters. The van der Waals surface area contributed by atoms with Gasteiger partial charge in [-0.05, 0) is 30.0 Å². The van der Waals surface area contributed by atoms with Gasteiger partial charge in [0.15, 0.2) is 5.69 Å². The van der Waals surface area contributed by atoms with Crippen LogP contribution in [0.25, 0.3) is 0 Å². The maximum Gasteiger partial charge on any atom is 0.356 e. The third-order valence-corrected chi connectivity index (χ3v) is 3.41. The lowest BCUT2D eigenvalue weighted by atomic mass is 10.1. The van der Waals surface area contributed by atoms with Crippen molar-refractivity contribution in [1.82, 2.24) is 9.97 Å². The van der Waals surface area contributed by atoms with Gasteiger partial charge in [-0.25, -0.2) is 19.2 Å². The molecule has 2 aromatic rings. The standard InChI is InChI=1S/C14H12FN3O2/c15-10-3-1-2-9-8(10)4-5-11(9)18-13-7-16-12(6-17-13)14(19)20/h1-3,6-7,11H,4-5H2,(H,17,18)(H,19,20)/t11-/m1/s1. The number of aromatic nitrogens is 2. The minimum Gasteiger partial charge on any atom is -0.476 e. The van der Waals surface area contributed by atoms with Crippen molar-refractivity contribution in [1.29, 1.82) is 0 Å². The average molecular weight is 273 g/mol. The van der Waals surface area contributed by atoms with Crippen molar-refractivity contribution < 1.29 is 14.3 Å². The van der Waals surface area contributed by atoms with E-state index >= 15 is 0 Å². The number of carbonyl (C=O) groups is 1. The van der Waals surface area contributed by atoms with Crippen LogP contribution >= 0.6 is 0 Å². The molecule has 0 spiro atoms. The molecule has 3 rings (SSSR count). The van der Waals surface area contributed by atoms with E-state index in [4.69, 9.17) is 5.11 Å². The van der Waals surface area contributed by atoms with E-state index in [9.17, 15) is 9.18 Å². The first-order valence-corrected chi connectivity index (χ1v) is 6.24. The number of rotatable bonds is 3. The van der Waals surface area contributed by atoms with Crippen LogP contribution in [0.4, 0.5) is 10.2 Å². The van der Waals surface area contributed by atoms with Gasteiger partial charge in [-0.2, -0.15) is 0 Å². The number of hydrogen-bond donors (Lipinski definition) is 2. The summed E-state index contributed by atoms with van der Waals surface area (Å²) in [6, 6.07) is 5.02. The first-order valence-electron chi connectivity index (χ1n) is 6.24. The SMILES string of the molecule is O=C(O)c1cnc(N[C@@H]2CCc3c(F)cccc32)cn1.